The Balaban J connectivity index is 1.90. The molecule has 0 aliphatic heterocycles. The Morgan fingerprint density at radius 1 is 1.11 bits per heavy atom. The molecule has 0 aliphatic carbocycles. The summed E-state index contributed by atoms with van der Waals surface area (Å²) in [7, 11) is 0. The Labute approximate surface area is 113 Å². The summed E-state index contributed by atoms with van der Waals surface area (Å²) < 4.78 is 12.8. The number of hydrogen-bond acceptors (Lipinski definition) is 2. The van der Waals surface area contributed by atoms with Crippen molar-refractivity contribution in [2.24, 2.45) is 0 Å². The van der Waals surface area contributed by atoms with Gasteiger partial charge in [0.1, 0.15) is 5.82 Å². The van der Waals surface area contributed by atoms with Crippen LogP contribution in [0, 0.1) is 5.82 Å². The van der Waals surface area contributed by atoms with Gasteiger partial charge in [0.05, 0.1) is 5.69 Å². The van der Waals surface area contributed by atoms with Gasteiger partial charge in [-0.1, -0.05) is 18.2 Å². The van der Waals surface area contributed by atoms with E-state index in [1.165, 1.54) is 12.1 Å². The van der Waals surface area contributed by atoms with E-state index in [4.69, 9.17) is 0 Å². The maximum Gasteiger partial charge on any atom is 0.123 e. The predicted molar refractivity (Wildman–Crippen MR) is 75.4 cm³/mol. The number of hydrogen-bond donors (Lipinski definition) is 1. The van der Waals surface area contributed by atoms with E-state index in [-0.39, 0.29) is 11.9 Å². The summed E-state index contributed by atoms with van der Waals surface area (Å²) in [6, 6.07) is 13.1. The highest BCUT2D eigenvalue weighted by Gasteiger charge is 2.10. The number of aromatic nitrogens is 1. The van der Waals surface area contributed by atoms with E-state index in [9.17, 15) is 4.39 Å². The Bertz CT molecular complexity index is 496. The Hall–Kier alpha value is -1.74. The number of halogens is 1. The Kier molecular flexibility index (Phi) is 4.63. The van der Waals surface area contributed by atoms with Crippen LogP contribution in [0.25, 0.3) is 0 Å². The molecule has 2 rings (SSSR count). The third-order valence-corrected chi connectivity index (χ3v) is 3.12. The lowest BCUT2D eigenvalue weighted by molar-refractivity contribution is 0.470. The molecule has 0 aliphatic rings. The van der Waals surface area contributed by atoms with Crippen LogP contribution in [0.5, 0.6) is 0 Å². The van der Waals surface area contributed by atoms with E-state index in [1.54, 1.807) is 6.20 Å². The molecule has 1 N–H and O–H groups in total. The zero-order chi connectivity index (χ0) is 13.7. The first-order valence-corrected chi connectivity index (χ1v) is 6.56. The molecule has 2 nitrogen and oxygen atoms in total. The average molecular weight is 258 g/mol. The molecule has 2 aromatic rings. The van der Waals surface area contributed by atoms with Gasteiger partial charge in [0.25, 0.3) is 0 Å². The minimum Gasteiger partial charge on any atom is -0.306 e. The van der Waals surface area contributed by atoms with Gasteiger partial charge >= 0.3 is 0 Å². The van der Waals surface area contributed by atoms with Gasteiger partial charge in [0.2, 0.25) is 0 Å². The first-order valence-electron chi connectivity index (χ1n) is 6.56. The van der Waals surface area contributed by atoms with E-state index in [2.05, 4.69) is 24.1 Å². The van der Waals surface area contributed by atoms with Crippen LogP contribution in [0.3, 0.4) is 0 Å². The second-order valence-corrected chi connectivity index (χ2v) is 4.87. The van der Waals surface area contributed by atoms with Gasteiger partial charge in [-0.05, 0) is 50.1 Å². The van der Waals surface area contributed by atoms with Crippen molar-refractivity contribution in [2.75, 3.05) is 0 Å². The largest absolute Gasteiger partial charge is 0.306 e. The summed E-state index contributed by atoms with van der Waals surface area (Å²) in [5, 5.41) is 3.50. The van der Waals surface area contributed by atoms with Crippen LogP contribution >= 0.6 is 0 Å². The lowest BCUT2D eigenvalue weighted by Crippen LogP contribution is -2.31. The molecule has 1 heterocycles. The topological polar surface area (TPSA) is 24.9 Å². The van der Waals surface area contributed by atoms with Gasteiger partial charge < -0.3 is 5.32 Å². The molecule has 0 amide bonds. The minimum absolute atomic E-state index is 0.189. The molecule has 2 atom stereocenters. The van der Waals surface area contributed by atoms with E-state index in [1.807, 2.05) is 30.3 Å². The first kappa shape index (κ1) is 13.7. The van der Waals surface area contributed by atoms with Gasteiger partial charge in [-0.25, -0.2) is 4.39 Å². The van der Waals surface area contributed by atoms with E-state index >= 15 is 0 Å². The van der Waals surface area contributed by atoms with Gasteiger partial charge in [-0.15, -0.1) is 0 Å². The second kappa shape index (κ2) is 6.43. The summed E-state index contributed by atoms with van der Waals surface area (Å²) >= 11 is 0. The van der Waals surface area contributed by atoms with Gasteiger partial charge in [-0.2, -0.15) is 0 Å². The van der Waals surface area contributed by atoms with Gasteiger partial charge in [0, 0.05) is 18.3 Å². The van der Waals surface area contributed by atoms with E-state index in [0.29, 0.717) is 6.04 Å². The molecule has 1 aromatic carbocycles. The van der Waals surface area contributed by atoms with E-state index in [0.717, 1.165) is 17.7 Å². The molecule has 19 heavy (non-hydrogen) atoms. The summed E-state index contributed by atoms with van der Waals surface area (Å²) in [5.74, 6) is -0.189. The molecular weight excluding hydrogens is 239 g/mol. The van der Waals surface area contributed by atoms with Crippen molar-refractivity contribution in [1.29, 1.82) is 0 Å². The van der Waals surface area contributed by atoms with Gasteiger partial charge in [-0.3, -0.25) is 4.98 Å². The molecule has 1 aromatic heterocycles. The van der Waals surface area contributed by atoms with Crippen molar-refractivity contribution in [3.05, 3.63) is 65.7 Å². The SMILES string of the molecule is CC(Cc1ccc(F)cc1)N[C@@H](C)c1ccccn1. The summed E-state index contributed by atoms with van der Waals surface area (Å²) in [4.78, 5) is 4.34. The quantitative estimate of drug-likeness (QED) is 0.887. The van der Waals surface area contributed by atoms with Crippen molar-refractivity contribution in [3.8, 4) is 0 Å². The minimum atomic E-state index is -0.189. The predicted octanol–water partition coefficient (Wildman–Crippen LogP) is 3.50. The lowest BCUT2D eigenvalue weighted by Gasteiger charge is -2.19. The van der Waals surface area contributed by atoms with Crippen LogP contribution < -0.4 is 5.32 Å². The van der Waals surface area contributed by atoms with Gasteiger partial charge in [0.15, 0.2) is 0 Å². The fourth-order valence-corrected chi connectivity index (χ4v) is 2.18. The molecule has 0 bridgehead atoms. The number of pyridine rings is 1. The number of nitrogens with one attached hydrogen (secondary N) is 1. The van der Waals surface area contributed by atoms with Crippen molar-refractivity contribution in [1.82, 2.24) is 10.3 Å². The van der Waals surface area contributed by atoms with Crippen LogP contribution in [0.4, 0.5) is 4.39 Å². The van der Waals surface area contributed by atoms with Crippen LogP contribution in [-0.2, 0) is 6.42 Å². The normalized spacial score (nSPS) is 14.1. The zero-order valence-electron chi connectivity index (χ0n) is 11.3. The highest BCUT2D eigenvalue weighted by molar-refractivity contribution is 5.17. The number of nitrogens with zero attached hydrogens (tertiary/aromatic N) is 1. The summed E-state index contributed by atoms with van der Waals surface area (Å²) in [5.41, 5.74) is 2.17. The fourth-order valence-electron chi connectivity index (χ4n) is 2.18. The van der Waals surface area contributed by atoms with Crippen molar-refractivity contribution < 1.29 is 4.39 Å². The molecule has 0 fully saturated rings. The molecule has 0 radical (unpaired) electrons. The van der Waals surface area contributed by atoms with E-state index < -0.39 is 0 Å². The van der Waals surface area contributed by atoms with Crippen molar-refractivity contribution >= 4 is 0 Å². The third kappa shape index (κ3) is 4.14. The maximum atomic E-state index is 12.8. The van der Waals surface area contributed by atoms with Crippen molar-refractivity contribution in [3.63, 3.8) is 0 Å². The molecule has 3 heteroatoms. The molecule has 0 saturated heterocycles. The highest BCUT2D eigenvalue weighted by atomic mass is 19.1. The summed E-state index contributed by atoms with van der Waals surface area (Å²) in [6.45, 7) is 4.23. The number of benzene rings is 1. The summed E-state index contributed by atoms with van der Waals surface area (Å²) in [6.07, 6.45) is 2.68. The van der Waals surface area contributed by atoms with Crippen molar-refractivity contribution in [2.45, 2.75) is 32.4 Å². The Morgan fingerprint density at radius 3 is 2.47 bits per heavy atom. The monoisotopic (exact) mass is 258 g/mol. The molecular formula is C16H19FN2. The first-order chi connectivity index (χ1) is 9.15. The fraction of sp³-hybridized carbons (Fsp3) is 0.312. The smallest absolute Gasteiger partial charge is 0.123 e. The Morgan fingerprint density at radius 2 is 1.84 bits per heavy atom. The third-order valence-electron chi connectivity index (χ3n) is 3.12. The average Bonchev–Trinajstić information content (AvgIpc) is 2.42. The molecule has 0 spiro atoms. The van der Waals surface area contributed by atoms with Crippen LogP contribution in [0.15, 0.2) is 48.7 Å². The van der Waals surface area contributed by atoms with Crippen LogP contribution in [0.1, 0.15) is 31.1 Å². The number of rotatable bonds is 5. The van der Waals surface area contributed by atoms with Crippen LogP contribution in [-0.4, -0.2) is 11.0 Å². The van der Waals surface area contributed by atoms with Crippen LogP contribution in [0.2, 0.25) is 0 Å². The zero-order valence-corrected chi connectivity index (χ0v) is 11.3. The molecule has 0 saturated carbocycles. The lowest BCUT2D eigenvalue weighted by atomic mass is 10.1. The maximum absolute atomic E-state index is 12.8. The highest BCUT2D eigenvalue weighted by Crippen LogP contribution is 2.11. The molecule has 1 unspecified atom stereocenters. The molecule has 100 valence electrons. The second-order valence-electron chi connectivity index (χ2n) is 4.87. The standard InChI is InChI=1S/C16H19FN2/c1-12(11-14-6-8-15(17)9-7-14)19-13(2)16-5-3-4-10-18-16/h3-10,12-13,19H,11H2,1-2H3/t12?,13-/m0/s1.